The maximum Gasteiger partial charge on any atom is 0.408 e. The average molecular weight is 420 g/mol. The molecule has 1 aliphatic rings. The summed E-state index contributed by atoms with van der Waals surface area (Å²) >= 11 is 0. The Morgan fingerprint density at radius 3 is 2.50 bits per heavy atom. The second kappa shape index (κ2) is 11.3. The van der Waals surface area contributed by atoms with E-state index in [9.17, 15) is 24.3 Å². The predicted molar refractivity (Wildman–Crippen MR) is 106 cm³/mol. The number of ketones is 1. The lowest BCUT2D eigenvalue weighted by molar-refractivity contribution is -0.148. The number of nitrogens with one attached hydrogen (secondary N) is 2. The van der Waals surface area contributed by atoms with Crippen molar-refractivity contribution in [2.75, 3.05) is 7.11 Å². The van der Waals surface area contributed by atoms with Crippen LogP contribution in [-0.2, 0) is 30.5 Å². The van der Waals surface area contributed by atoms with Gasteiger partial charge in [0.2, 0.25) is 5.91 Å². The normalized spacial score (nSPS) is 19.2. The SMILES string of the molecule is COC(=O)[C@@H](NC(=O)[C@@H](NC(=O)OCc1ccccc1)[C@@H](C)O)[C@H]1CCCC(=O)C1. The molecule has 0 aliphatic heterocycles. The lowest BCUT2D eigenvalue weighted by Crippen LogP contribution is -2.57. The molecule has 9 heteroatoms. The van der Waals surface area contributed by atoms with E-state index in [4.69, 9.17) is 9.47 Å². The zero-order valence-electron chi connectivity index (χ0n) is 17.1. The van der Waals surface area contributed by atoms with Crippen LogP contribution < -0.4 is 10.6 Å². The van der Waals surface area contributed by atoms with Crippen LogP contribution in [0.1, 0.15) is 38.2 Å². The van der Waals surface area contributed by atoms with Crippen LogP contribution >= 0.6 is 0 Å². The predicted octanol–water partition coefficient (Wildman–Crippen LogP) is 1.08. The summed E-state index contributed by atoms with van der Waals surface area (Å²) in [7, 11) is 1.19. The number of ether oxygens (including phenoxy) is 2. The lowest BCUT2D eigenvalue weighted by Gasteiger charge is -2.30. The number of methoxy groups -OCH3 is 1. The Bertz CT molecular complexity index is 751. The van der Waals surface area contributed by atoms with Crippen molar-refractivity contribution in [2.45, 2.75) is 57.4 Å². The molecule has 30 heavy (non-hydrogen) atoms. The Balaban J connectivity index is 2.00. The number of alkyl carbamates (subject to hydrolysis) is 1. The quantitative estimate of drug-likeness (QED) is 0.536. The van der Waals surface area contributed by atoms with Gasteiger partial charge in [0.15, 0.2) is 0 Å². The highest BCUT2D eigenvalue weighted by molar-refractivity contribution is 5.90. The van der Waals surface area contributed by atoms with Gasteiger partial charge in [-0.15, -0.1) is 0 Å². The fourth-order valence-corrected chi connectivity index (χ4v) is 3.38. The molecule has 1 saturated carbocycles. The van der Waals surface area contributed by atoms with Gasteiger partial charge < -0.3 is 25.2 Å². The van der Waals surface area contributed by atoms with Crippen molar-refractivity contribution >= 4 is 23.8 Å². The van der Waals surface area contributed by atoms with Gasteiger partial charge in [-0.25, -0.2) is 9.59 Å². The van der Waals surface area contributed by atoms with E-state index in [1.54, 1.807) is 24.3 Å². The summed E-state index contributed by atoms with van der Waals surface area (Å²) in [5.41, 5.74) is 0.762. The largest absolute Gasteiger partial charge is 0.467 e. The summed E-state index contributed by atoms with van der Waals surface area (Å²) in [5, 5.41) is 14.8. The van der Waals surface area contributed by atoms with Crippen LogP contribution in [0.4, 0.5) is 4.79 Å². The van der Waals surface area contributed by atoms with Crippen molar-refractivity contribution in [2.24, 2.45) is 5.92 Å². The number of carbonyl (C=O) groups excluding carboxylic acids is 4. The molecule has 0 aromatic heterocycles. The molecule has 2 amide bonds. The van der Waals surface area contributed by atoms with Crippen LogP contribution in [0.2, 0.25) is 0 Å². The first kappa shape index (κ1) is 23.3. The fourth-order valence-electron chi connectivity index (χ4n) is 3.38. The van der Waals surface area contributed by atoms with Crippen LogP contribution in [-0.4, -0.2) is 54.2 Å². The summed E-state index contributed by atoms with van der Waals surface area (Å²) in [4.78, 5) is 48.8. The number of Topliss-reactive ketones (excluding diaryl/α,β-unsaturated/α-hetero) is 1. The van der Waals surface area contributed by atoms with Crippen molar-refractivity contribution in [3.8, 4) is 0 Å². The van der Waals surface area contributed by atoms with Crippen molar-refractivity contribution < 1.29 is 33.8 Å². The first-order valence-electron chi connectivity index (χ1n) is 9.87. The molecule has 3 N–H and O–H groups in total. The van der Waals surface area contributed by atoms with Gasteiger partial charge in [0, 0.05) is 12.8 Å². The van der Waals surface area contributed by atoms with Gasteiger partial charge in [0.05, 0.1) is 13.2 Å². The lowest BCUT2D eigenvalue weighted by atomic mass is 9.83. The molecule has 0 saturated heterocycles. The number of amides is 2. The molecule has 2 rings (SSSR count). The number of rotatable bonds is 8. The Morgan fingerprint density at radius 2 is 1.90 bits per heavy atom. The van der Waals surface area contributed by atoms with Crippen LogP contribution in [0.3, 0.4) is 0 Å². The zero-order valence-corrected chi connectivity index (χ0v) is 17.1. The number of esters is 1. The smallest absolute Gasteiger partial charge is 0.408 e. The third-order valence-electron chi connectivity index (χ3n) is 5.00. The Hall–Kier alpha value is -2.94. The minimum Gasteiger partial charge on any atom is -0.467 e. The Morgan fingerprint density at radius 1 is 1.20 bits per heavy atom. The van der Waals surface area contributed by atoms with E-state index in [0.717, 1.165) is 5.56 Å². The molecule has 0 heterocycles. The molecule has 1 aromatic carbocycles. The first-order valence-corrected chi connectivity index (χ1v) is 9.87. The third kappa shape index (κ3) is 6.84. The first-order chi connectivity index (χ1) is 14.3. The van der Waals surface area contributed by atoms with Gasteiger partial charge >= 0.3 is 12.1 Å². The molecular weight excluding hydrogens is 392 g/mol. The second-order valence-electron chi connectivity index (χ2n) is 7.33. The number of benzene rings is 1. The molecule has 0 spiro atoms. The molecule has 4 atom stereocenters. The molecule has 1 aromatic rings. The highest BCUT2D eigenvalue weighted by Crippen LogP contribution is 2.25. The van der Waals surface area contributed by atoms with Crippen LogP contribution in [0.25, 0.3) is 0 Å². The van der Waals surface area contributed by atoms with Gasteiger partial charge in [-0.2, -0.15) is 0 Å². The molecule has 1 fully saturated rings. The van der Waals surface area contributed by atoms with E-state index in [-0.39, 0.29) is 18.8 Å². The van der Waals surface area contributed by atoms with Gasteiger partial charge in [-0.3, -0.25) is 9.59 Å². The summed E-state index contributed by atoms with van der Waals surface area (Å²) in [6, 6.07) is 6.58. The van der Waals surface area contributed by atoms with E-state index >= 15 is 0 Å². The Kier molecular flexibility index (Phi) is 8.79. The maximum atomic E-state index is 12.7. The molecule has 9 nitrogen and oxygen atoms in total. The van der Waals surface area contributed by atoms with Gasteiger partial charge in [0.25, 0.3) is 0 Å². The highest BCUT2D eigenvalue weighted by Gasteiger charge is 2.37. The number of carbonyl (C=O) groups is 4. The molecule has 164 valence electrons. The van der Waals surface area contributed by atoms with Crippen LogP contribution in [0.15, 0.2) is 30.3 Å². The zero-order chi connectivity index (χ0) is 22.1. The van der Waals surface area contributed by atoms with Crippen molar-refractivity contribution in [3.05, 3.63) is 35.9 Å². The number of hydrogen-bond acceptors (Lipinski definition) is 7. The van der Waals surface area contributed by atoms with Crippen molar-refractivity contribution in [1.82, 2.24) is 10.6 Å². The van der Waals surface area contributed by atoms with Crippen molar-refractivity contribution in [1.29, 1.82) is 0 Å². The van der Waals surface area contributed by atoms with Crippen LogP contribution in [0, 0.1) is 5.92 Å². The van der Waals surface area contributed by atoms with E-state index in [1.807, 2.05) is 6.07 Å². The van der Waals surface area contributed by atoms with Gasteiger partial charge in [0.1, 0.15) is 24.5 Å². The minimum absolute atomic E-state index is 0.00417. The van der Waals surface area contributed by atoms with Gasteiger partial charge in [-0.1, -0.05) is 30.3 Å². The maximum absolute atomic E-state index is 12.7. The van der Waals surface area contributed by atoms with E-state index in [1.165, 1.54) is 14.0 Å². The second-order valence-corrected chi connectivity index (χ2v) is 7.33. The standard InChI is InChI=1S/C21H28N2O7/c1-13(24)17(23-21(28)30-12-14-7-4-3-5-8-14)19(26)22-18(20(27)29-2)15-9-6-10-16(25)11-15/h3-5,7-8,13,15,17-18,24H,6,9-12H2,1-2H3,(H,22,26)(H,23,28)/t13-,15+,17+,18+/m1/s1. The third-order valence-corrected chi connectivity index (χ3v) is 5.00. The molecule has 0 radical (unpaired) electrons. The van der Waals surface area contributed by atoms with E-state index in [0.29, 0.717) is 19.3 Å². The number of aliphatic hydroxyl groups excluding tert-OH is 1. The molecule has 0 unspecified atom stereocenters. The average Bonchev–Trinajstić information content (AvgIpc) is 2.74. The topological polar surface area (TPSA) is 131 Å². The van der Waals surface area contributed by atoms with E-state index in [2.05, 4.69) is 10.6 Å². The van der Waals surface area contributed by atoms with E-state index < -0.39 is 42.1 Å². The molecular formula is C21H28N2O7. The van der Waals surface area contributed by atoms with Gasteiger partial charge in [-0.05, 0) is 31.2 Å². The summed E-state index contributed by atoms with van der Waals surface area (Å²) in [5.74, 6) is -1.83. The monoisotopic (exact) mass is 420 g/mol. The van der Waals surface area contributed by atoms with Crippen molar-refractivity contribution in [3.63, 3.8) is 0 Å². The number of hydrogen-bond donors (Lipinski definition) is 3. The highest BCUT2D eigenvalue weighted by atomic mass is 16.5. The minimum atomic E-state index is -1.35. The number of aliphatic hydroxyl groups is 1. The van der Waals surface area contributed by atoms with Crippen LogP contribution in [0.5, 0.6) is 0 Å². The summed E-state index contributed by atoms with van der Waals surface area (Å²) < 4.78 is 9.86. The summed E-state index contributed by atoms with van der Waals surface area (Å²) in [6.45, 7) is 1.33. The molecule has 1 aliphatic carbocycles. The summed E-state index contributed by atoms with van der Waals surface area (Å²) in [6.07, 6.45) is -0.327. The fraction of sp³-hybridized carbons (Fsp3) is 0.524. The molecule has 0 bridgehead atoms. The Labute approximate surface area is 175 Å².